The van der Waals surface area contributed by atoms with Gasteiger partial charge >= 0.3 is 0 Å². The van der Waals surface area contributed by atoms with Crippen LogP contribution in [0.15, 0.2) is 131 Å². The molecule has 0 radical (unpaired) electrons. The molecule has 0 bridgehead atoms. The van der Waals surface area contributed by atoms with E-state index in [1.165, 1.54) is 26.3 Å². The lowest BCUT2D eigenvalue weighted by atomic mass is 10.1. The maximum Gasteiger partial charge on any atom is 0.0618 e. The summed E-state index contributed by atoms with van der Waals surface area (Å²) in [5, 5.41) is 6.58. The summed E-state index contributed by atoms with van der Waals surface area (Å²) < 4.78 is 0. The summed E-state index contributed by atoms with van der Waals surface area (Å²) in [5.41, 5.74) is -0.200. The Balaban J connectivity index is 2.03. The maximum atomic E-state index is 4.95. The number of rotatable bonds is 6. The lowest BCUT2D eigenvalue weighted by molar-refractivity contribution is 0.588. The molecule has 164 valence electrons. The average molecular weight is 466 g/mol. The van der Waals surface area contributed by atoms with Gasteiger partial charge < -0.3 is 0 Å². The first-order valence-corrected chi connectivity index (χ1v) is 13.9. The normalized spacial score (nSPS) is 11.3. The summed E-state index contributed by atoms with van der Waals surface area (Å²) in [6, 6.07) is 43.5. The van der Waals surface area contributed by atoms with Crippen LogP contribution < -0.4 is 21.2 Å². The van der Waals surface area contributed by atoms with Crippen LogP contribution in [0.3, 0.4) is 0 Å². The Morgan fingerprint density at radius 1 is 0.515 bits per heavy atom. The van der Waals surface area contributed by atoms with Gasteiger partial charge in [0.05, 0.1) is 10.6 Å². The van der Waals surface area contributed by atoms with Crippen molar-refractivity contribution < 1.29 is 0 Å². The Hall–Kier alpha value is -2.81. The minimum Gasteiger partial charge on any atom is -0.237 e. The first-order chi connectivity index (χ1) is 16.0. The maximum absolute atomic E-state index is 4.95. The first kappa shape index (κ1) is 23.4. The third kappa shape index (κ3) is 6.16. The molecule has 1 nitrogen and oxygen atoms in total. The van der Waals surface area contributed by atoms with Crippen molar-refractivity contribution in [2.75, 3.05) is 0 Å². The smallest absolute Gasteiger partial charge is 0.0618 e. The lowest BCUT2D eigenvalue weighted by Crippen LogP contribution is -2.19. The zero-order valence-corrected chi connectivity index (χ0v) is 21.2. The van der Waals surface area contributed by atoms with Crippen LogP contribution in [0.1, 0.15) is 20.8 Å². The Morgan fingerprint density at radius 3 is 1.03 bits per heavy atom. The molecule has 4 rings (SSSR count). The third-order valence-electron chi connectivity index (χ3n) is 4.97. The second-order valence-electron chi connectivity index (χ2n) is 8.73. The molecular weight excluding hydrogens is 436 g/mol. The van der Waals surface area contributed by atoms with E-state index in [1.807, 2.05) is 0 Å². The first-order valence-electron chi connectivity index (χ1n) is 11.2. The molecule has 3 heteroatoms. The van der Waals surface area contributed by atoms with Gasteiger partial charge in [0.15, 0.2) is 0 Å². The van der Waals surface area contributed by atoms with Crippen molar-refractivity contribution in [3.63, 3.8) is 0 Å². The summed E-state index contributed by atoms with van der Waals surface area (Å²) in [7, 11) is -1.63. The van der Waals surface area contributed by atoms with E-state index in [0.717, 1.165) is 0 Å². The fourth-order valence-electron chi connectivity index (χ4n) is 3.51. The van der Waals surface area contributed by atoms with Gasteiger partial charge in [-0.05, 0) is 63.7 Å². The van der Waals surface area contributed by atoms with Crippen LogP contribution in [-0.2, 0) is 0 Å². The molecule has 0 saturated heterocycles. The summed E-state index contributed by atoms with van der Waals surface area (Å²) in [4.78, 5) is 4.95. The Kier molecular flexibility index (Phi) is 7.69. The van der Waals surface area contributed by atoms with E-state index in [2.05, 4.69) is 148 Å². The molecule has 0 fully saturated rings. The zero-order valence-electron chi connectivity index (χ0n) is 19.4. The van der Waals surface area contributed by atoms with E-state index in [1.54, 1.807) is 0 Å². The Labute approximate surface area is 200 Å². The van der Waals surface area contributed by atoms with Gasteiger partial charge in [0.2, 0.25) is 0 Å². The van der Waals surface area contributed by atoms with E-state index in [-0.39, 0.29) is 5.54 Å². The molecule has 0 N–H and O–H groups in total. The molecule has 0 unspecified atom stereocenters. The van der Waals surface area contributed by atoms with E-state index in [9.17, 15) is 0 Å². The molecule has 0 aromatic heterocycles. The van der Waals surface area contributed by atoms with Crippen LogP contribution in [0.2, 0.25) is 0 Å². The fraction of sp³-hybridized carbons (Fsp3) is 0.133. The number of benzene rings is 4. The van der Waals surface area contributed by atoms with E-state index >= 15 is 0 Å². The molecule has 0 spiro atoms. The molecule has 33 heavy (non-hydrogen) atoms. The number of nitrogens with zero attached hydrogens (tertiary/aromatic N) is 1. The lowest BCUT2D eigenvalue weighted by Gasteiger charge is -2.28. The quantitative estimate of drug-likeness (QED) is 0.226. The standard InChI is InChI=1S/C30H29NP2/c1-30(2,3)31-24-29(32(25-16-8-4-9-17-25)26-18-10-5-11-19-26)33(27-20-12-6-13-21-27)28-22-14-7-15-23-28/h4-23H,1-3H3. The monoisotopic (exact) mass is 465 g/mol. The van der Waals surface area contributed by atoms with Crippen LogP contribution in [0.4, 0.5) is 0 Å². The summed E-state index contributed by atoms with van der Waals surface area (Å²) in [5.74, 6) is 3.65. The third-order valence-corrected chi connectivity index (χ3v) is 10.5. The van der Waals surface area contributed by atoms with E-state index < -0.39 is 15.8 Å². The van der Waals surface area contributed by atoms with Crippen LogP contribution in [-0.4, -0.2) is 11.4 Å². The van der Waals surface area contributed by atoms with Crippen molar-refractivity contribution in [1.82, 2.24) is 0 Å². The summed E-state index contributed by atoms with van der Waals surface area (Å²) in [6.07, 6.45) is 0. The average Bonchev–Trinajstić information content (AvgIpc) is 2.85. The van der Waals surface area contributed by atoms with Crippen LogP contribution in [0.25, 0.3) is 0 Å². The molecule has 0 aliphatic rings. The predicted molar refractivity (Wildman–Crippen MR) is 149 cm³/mol. The highest BCUT2D eigenvalue weighted by atomic mass is 31.2. The van der Waals surface area contributed by atoms with Crippen molar-refractivity contribution in [1.29, 1.82) is 0 Å². The minimum atomic E-state index is -0.813. The molecule has 0 heterocycles. The van der Waals surface area contributed by atoms with Crippen molar-refractivity contribution in [2.24, 2.45) is 4.99 Å². The predicted octanol–water partition coefficient (Wildman–Crippen LogP) is 6.56. The van der Waals surface area contributed by atoms with Crippen LogP contribution >= 0.6 is 15.8 Å². The molecule has 4 aromatic carbocycles. The number of hydrogen-bond acceptors (Lipinski definition) is 1. The SMILES string of the molecule is CC(C)(C)N=C=C(P(c1ccccc1)c1ccccc1)P(c1ccccc1)c1ccccc1. The van der Waals surface area contributed by atoms with Gasteiger partial charge in [0, 0.05) is 0 Å². The molecule has 0 atom stereocenters. The largest absolute Gasteiger partial charge is 0.237 e. The fourth-order valence-corrected chi connectivity index (χ4v) is 9.45. The highest BCUT2D eigenvalue weighted by Gasteiger charge is 2.29. The van der Waals surface area contributed by atoms with Crippen LogP contribution in [0.5, 0.6) is 0 Å². The summed E-state index contributed by atoms with van der Waals surface area (Å²) in [6.45, 7) is 6.41. The highest BCUT2D eigenvalue weighted by Crippen LogP contribution is 2.58. The molecule has 0 aliphatic carbocycles. The molecule has 0 saturated carbocycles. The van der Waals surface area contributed by atoms with Gasteiger partial charge in [-0.15, -0.1) is 0 Å². The van der Waals surface area contributed by atoms with Gasteiger partial charge in [-0.3, -0.25) is 0 Å². The molecule has 4 aromatic rings. The van der Waals surface area contributed by atoms with Crippen LogP contribution in [0, 0.1) is 0 Å². The number of hydrogen-bond donors (Lipinski definition) is 0. The van der Waals surface area contributed by atoms with Gasteiger partial charge in [-0.1, -0.05) is 121 Å². The van der Waals surface area contributed by atoms with Crippen molar-refractivity contribution >= 4 is 42.9 Å². The topological polar surface area (TPSA) is 12.4 Å². The zero-order chi connectivity index (χ0) is 23.1. The van der Waals surface area contributed by atoms with E-state index in [0.29, 0.717) is 0 Å². The molecule has 0 aliphatic heterocycles. The molecular formula is C30H29NP2. The van der Waals surface area contributed by atoms with Gasteiger partial charge in [0.25, 0.3) is 0 Å². The van der Waals surface area contributed by atoms with Crippen molar-refractivity contribution in [3.8, 4) is 0 Å². The second-order valence-corrected chi connectivity index (χ2v) is 13.4. The van der Waals surface area contributed by atoms with Crippen molar-refractivity contribution in [3.05, 3.63) is 126 Å². The minimum absolute atomic E-state index is 0.200. The van der Waals surface area contributed by atoms with Crippen molar-refractivity contribution in [2.45, 2.75) is 26.3 Å². The van der Waals surface area contributed by atoms with E-state index in [4.69, 9.17) is 4.99 Å². The highest BCUT2D eigenvalue weighted by molar-refractivity contribution is 7.95. The summed E-state index contributed by atoms with van der Waals surface area (Å²) >= 11 is 0. The van der Waals surface area contributed by atoms with Gasteiger partial charge in [0.1, 0.15) is 0 Å². The Bertz CT molecular complexity index is 1040. The molecule has 0 amide bonds. The van der Waals surface area contributed by atoms with Gasteiger partial charge in [-0.25, -0.2) is 4.99 Å². The second kappa shape index (κ2) is 10.9. The van der Waals surface area contributed by atoms with Gasteiger partial charge in [-0.2, -0.15) is 0 Å². The number of aliphatic imine (C=N–C) groups is 1. The Morgan fingerprint density at radius 2 is 0.788 bits per heavy atom.